The average Bonchev–Trinajstić information content (AvgIpc) is 2.61. The molecule has 24 heavy (non-hydrogen) atoms. The summed E-state index contributed by atoms with van der Waals surface area (Å²) in [7, 11) is 1.29. The van der Waals surface area contributed by atoms with Crippen molar-refractivity contribution >= 4 is 29.2 Å². The molecule has 6 nitrogen and oxygen atoms in total. The first-order valence-corrected chi connectivity index (χ1v) is 7.49. The molecule has 0 atom stereocenters. The smallest absolute Gasteiger partial charge is 0.337 e. The molecule has 3 rings (SSSR count). The van der Waals surface area contributed by atoms with Crippen LogP contribution in [0.2, 0.25) is 0 Å². The Kier molecular flexibility index (Phi) is 4.29. The summed E-state index contributed by atoms with van der Waals surface area (Å²) in [5.74, 6) is -0.811. The van der Waals surface area contributed by atoms with E-state index in [-0.39, 0.29) is 11.8 Å². The predicted molar refractivity (Wildman–Crippen MR) is 89.1 cm³/mol. The van der Waals surface area contributed by atoms with Gasteiger partial charge in [-0.15, -0.1) is 0 Å². The largest absolute Gasteiger partial charge is 0.465 e. The number of aryl methyl sites for hydroxylation is 1. The first kappa shape index (κ1) is 15.7. The first-order chi connectivity index (χ1) is 11.6. The van der Waals surface area contributed by atoms with Crippen molar-refractivity contribution in [3.05, 3.63) is 59.2 Å². The molecule has 2 N–H and O–H groups in total. The molecule has 1 aliphatic heterocycles. The summed E-state index contributed by atoms with van der Waals surface area (Å²) in [6.07, 6.45) is 1.08. The molecule has 122 valence electrons. The summed E-state index contributed by atoms with van der Waals surface area (Å²) in [6, 6.07) is 11.7. The third kappa shape index (κ3) is 3.27. The van der Waals surface area contributed by atoms with Gasteiger partial charge in [-0.3, -0.25) is 9.59 Å². The van der Waals surface area contributed by atoms with Gasteiger partial charge in [0.25, 0.3) is 5.91 Å². The summed E-state index contributed by atoms with van der Waals surface area (Å²) in [5, 5.41) is 5.60. The Morgan fingerprint density at radius 3 is 2.67 bits per heavy atom. The van der Waals surface area contributed by atoms with Crippen molar-refractivity contribution in [3.8, 4) is 0 Å². The zero-order valence-electron chi connectivity index (χ0n) is 13.1. The van der Waals surface area contributed by atoms with Gasteiger partial charge in [0, 0.05) is 23.4 Å². The van der Waals surface area contributed by atoms with Gasteiger partial charge in [-0.25, -0.2) is 4.79 Å². The highest BCUT2D eigenvalue weighted by molar-refractivity contribution is 6.06. The molecule has 0 unspecified atom stereocenters. The van der Waals surface area contributed by atoms with Crippen molar-refractivity contribution in [3.63, 3.8) is 0 Å². The minimum Gasteiger partial charge on any atom is -0.465 e. The Morgan fingerprint density at radius 2 is 1.88 bits per heavy atom. The van der Waals surface area contributed by atoms with Crippen LogP contribution in [0, 0.1) is 0 Å². The van der Waals surface area contributed by atoms with Crippen LogP contribution in [0.5, 0.6) is 0 Å². The zero-order chi connectivity index (χ0) is 17.1. The number of ether oxygens (including phenoxy) is 1. The zero-order valence-corrected chi connectivity index (χ0v) is 13.1. The molecule has 2 aromatic rings. The SMILES string of the molecule is COC(=O)c1cccc(C(=O)Nc2ccc3c(c2)CCC(=O)N3)c1. The number of methoxy groups -OCH3 is 1. The number of carbonyl (C=O) groups excluding carboxylic acids is 3. The van der Waals surface area contributed by atoms with Gasteiger partial charge < -0.3 is 15.4 Å². The molecule has 2 aromatic carbocycles. The molecule has 0 aromatic heterocycles. The summed E-state index contributed by atoms with van der Waals surface area (Å²) in [6.45, 7) is 0. The predicted octanol–water partition coefficient (Wildman–Crippen LogP) is 2.61. The van der Waals surface area contributed by atoms with E-state index in [9.17, 15) is 14.4 Å². The summed E-state index contributed by atoms with van der Waals surface area (Å²) in [4.78, 5) is 35.3. The van der Waals surface area contributed by atoms with Crippen LogP contribution in [-0.4, -0.2) is 24.9 Å². The van der Waals surface area contributed by atoms with Crippen LogP contribution in [0.4, 0.5) is 11.4 Å². The number of rotatable bonds is 3. The maximum atomic E-state index is 12.4. The van der Waals surface area contributed by atoms with Crippen molar-refractivity contribution in [1.82, 2.24) is 0 Å². The second-order valence-electron chi connectivity index (χ2n) is 5.45. The Morgan fingerprint density at radius 1 is 1.08 bits per heavy atom. The van der Waals surface area contributed by atoms with Crippen molar-refractivity contribution < 1.29 is 19.1 Å². The number of anilines is 2. The molecule has 0 fully saturated rings. The van der Waals surface area contributed by atoms with Gasteiger partial charge in [0.2, 0.25) is 5.91 Å². The monoisotopic (exact) mass is 324 g/mol. The fourth-order valence-electron chi connectivity index (χ4n) is 2.57. The molecule has 2 amide bonds. The topological polar surface area (TPSA) is 84.5 Å². The molecule has 0 radical (unpaired) electrons. The van der Waals surface area contributed by atoms with E-state index in [1.54, 1.807) is 30.3 Å². The van der Waals surface area contributed by atoms with Gasteiger partial charge in [-0.1, -0.05) is 6.07 Å². The van der Waals surface area contributed by atoms with Gasteiger partial charge >= 0.3 is 5.97 Å². The lowest BCUT2D eigenvalue weighted by Gasteiger charge is -2.17. The summed E-state index contributed by atoms with van der Waals surface area (Å²) in [5.41, 5.74) is 3.08. The van der Waals surface area contributed by atoms with Crippen LogP contribution in [0.15, 0.2) is 42.5 Å². The minimum atomic E-state index is -0.492. The van der Waals surface area contributed by atoms with Crippen LogP contribution in [-0.2, 0) is 16.0 Å². The Labute approximate surface area is 138 Å². The van der Waals surface area contributed by atoms with Crippen LogP contribution < -0.4 is 10.6 Å². The summed E-state index contributed by atoms with van der Waals surface area (Å²) >= 11 is 0. The highest BCUT2D eigenvalue weighted by Gasteiger charge is 2.16. The standard InChI is InChI=1S/C18H16N2O4/c1-24-18(23)13-4-2-3-12(9-13)17(22)19-14-6-7-15-11(10-14)5-8-16(21)20-15/h2-4,6-7,9-10H,5,8H2,1H3,(H,19,22)(H,20,21). The van der Waals surface area contributed by atoms with Crippen LogP contribution in [0.25, 0.3) is 0 Å². The molecule has 0 saturated heterocycles. The maximum absolute atomic E-state index is 12.4. The number of benzene rings is 2. The molecular weight excluding hydrogens is 308 g/mol. The lowest BCUT2D eigenvalue weighted by atomic mass is 10.0. The number of amides is 2. The number of hydrogen-bond donors (Lipinski definition) is 2. The second-order valence-corrected chi connectivity index (χ2v) is 5.45. The van der Waals surface area contributed by atoms with Gasteiger partial charge in [-0.05, 0) is 48.4 Å². The number of hydrogen-bond acceptors (Lipinski definition) is 4. The van der Waals surface area contributed by atoms with Crippen molar-refractivity contribution in [1.29, 1.82) is 0 Å². The van der Waals surface area contributed by atoms with Gasteiger partial charge in [0.15, 0.2) is 0 Å². The molecule has 6 heteroatoms. The Bertz CT molecular complexity index is 830. The normalized spacial score (nSPS) is 12.8. The van der Waals surface area contributed by atoms with E-state index in [0.717, 1.165) is 11.3 Å². The van der Waals surface area contributed by atoms with Crippen molar-refractivity contribution in [2.24, 2.45) is 0 Å². The van der Waals surface area contributed by atoms with Gasteiger partial charge in [0.05, 0.1) is 12.7 Å². The van der Waals surface area contributed by atoms with Crippen LogP contribution in [0.1, 0.15) is 32.7 Å². The van der Waals surface area contributed by atoms with E-state index >= 15 is 0 Å². The fraction of sp³-hybridized carbons (Fsp3) is 0.167. The van der Waals surface area contributed by atoms with Crippen molar-refractivity contribution in [2.75, 3.05) is 17.7 Å². The van der Waals surface area contributed by atoms with E-state index in [4.69, 9.17) is 0 Å². The third-order valence-corrected chi connectivity index (χ3v) is 3.80. The molecule has 0 spiro atoms. The number of nitrogens with one attached hydrogen (secondary N) is 2. The number of carbonyl (C=O) groups is 3. The average molecular weight is 324 g/mol. The quantitative estimate of drug-likeness (QED) is 0.850. The van der Waals surface area contributed by atoms with Gasteiger partial charge in [-0.2, -0.15) is 0 Å². The van der Waals surface area contributed by atoms with Gasteiger partial charge in [0.1, 0.15) is 0 Å². The Hall–Kier alpha value is -3.15. The van der Waals surface area contributed by atoms with E-state index in [0.29, 0.717) is 29.7 Å². The first-order valence-electron chi connectivity index (χ1n) is 7.49. The molecule has 1 heterocycles. The highest BCUT2D eigenvalue weighted by Crippen LogP contribution is 2.26. The van der Waals surface area contributed by atoms with E-state index in [2.05, 4.69) is 15.4 Å². The Balaban J connectivity index is 1.78. The second kappa shape index (κ2) is 6.54. The van der Waals surface area contributed by atoms with E-state index in [1.165, 1.54) is 13.2 Å². The molecule has 0 saturated carbocycles. The highest BCUT2D eigenvalue weighted by atomic mass is 16.5. The third-order valence-electron chi connectivity index (χ3n) is 3.80. The molecule has 1 aliphatic rings. The summed E-state index contributed by atoms with van der Waals surface area (Å²) < 4.78 is 4.66. The maximum Gasteiger partial charge on any atom is 0.337 e. The molecular formula is C18H16N2O4. The van der Waals surface area contributed by atoms with Crippen LogP contribution >= 0.6 is 0 Å². The van der Waals surface area contributed by atoms with E-state index in [1.807, 2.05) is 6.07 Å². The number of fused-ring (bicyclic) bond motifs is 1. The van der Waals surface area contributed by atoms with Crippen molar-refractivity contribution in [2.45, 2.75) is 12.8 Å². The lowest BCUT2D eigenvalue weighted by Crippen LogP contribution is -2.19. The minimum absolute atomic E-state index is 0.00101. The molecule has 0 bridgehead atoms. The van der Waals surface area contributed by atoms with E-state index < -0.39 is 5.97 Å². The fourth-order valence-corrected chi connectivity index (χ4v) is 2.57. The molecule has 0 aliphatic carbocycles. The van der Waals surface area contributed by atoms with Crippen LogP contribution in [0.3, 0.4) is 0 Å². The number of esters is 1. The lowest BCUT2D eigenvalue weighted by molar-refractivity contribution is -0.116.